The van der Waals surface area contributed by atoms with Crippen LogP contribution in [0.15, 0.2) is 36.8 Å². The molecule has 0 bridgehead atoms. The van der Waals surface area contributed by atoms with Crippen LogP contribution >= 0.6 is 0 Å². The van der Waals surface area contributed by atoms with Crippen molar-refractivity contribution in [2.24, 2.45) is 0 Å². The second-order valence-corrected chi connectivity index (χ2v) is 5.93. The number of imidazole rings is 1. The first-order chi connectivity index (χ1) is 10.1. The van der Waals surface area contributed by atoms with Gasteiger partial charge in [-0.15, -0.1) is 0 Å². The first-order valence-electron chi connectivity index (χ1n) is 7.36. The number of rotatable bonds is 3. The average Bonchev–Trinajstić information content (AvgIpc) is 2.90. The van der Waals surface area contributed by atoms with Crippen molar-refractivity contribution in [3.05, 3.63) is 42.4 Å². The zero-order valence-corrected chi connectivity index (χ0v) is 12.9. The van der Waals surface area contributed by atoms with E-state index in [1.165, 1.54) is 5.56 Å². The molecule has 0 spiro atoms. The molecule has 3 aromatic rings. The number of nitrogens with zero attached hydrogens (tertiary/aromatic N) is 4. The molecular formula is C17H20N4. The van der Waals surface area contributed by atoms with Crippen LogP contribution in [0, 0.1) is 0 Å². The Labute approximate surface area is 124 Å². The first kappa shape index (κ1) is 13.7. The Balaban J connectivity index is 2.12. The van der Waals surface area contributed by atoms with Crippen molar-refractivity contribution in [3.63, 3.8) is 0 Å². The number of hydrogen-bond donors (Lipinski definition) is 0. The van der Waals surface area contributed by atoms with Crippen LogP contribution < -0.4 is 0 Å². The van der Waals surface area contributed by atoms with Gasteiger partial charge < -0.3 is 4.57 Å². The second-order valence-electron chi connectivity index (χ2n) is 5.93. The van der Waals surface area contributed by atoms with E-state index in [1.54, 1.807) is 6.20 Å². The molecule has 0 saturated carbocycles. The van der Waals surface area contributed by atoms with E-state index in [4.69, 9.17) is 4.98 Å². The molecule has 0 aliphatic carbocycles. The van der Waals surface area contributed by atoms with Crippen molar-refractivity contribution in [3.8, 4) is 11.3 Å². The van der Waals surface area contributed by atoms with Crippen LogP contribution in [0.1, 0.15) is 45.2 Å². The maximum Gasteiger partial charge on any atom is 0.197 e. The lowest BCUT2D eigenvalue weighted by atomic mass is 10.00. The SMILES string of the molecule is CC(C)c1cccc(-c2cnc3ncn(C(C)C)c3n2)c1. The van der Waals surface area contributed by atoms with Gasteiger partial charge in [-0.1, -0.05) is 32.0 Å². The van der Waals surface area contributed by atoms with E-state index in [1.807, 2.05) is 6.33 Å². The fraction of sp³-hybridized carbons (Fsp3) is 0.353. The monoisotopic (exact) mass is 280 g/mol. The summed E-state index contributed by atoms with van der Waals surface area (Å²) in [5.41, 5.74) is 4.86. The van der Waals surface area contributed by atoms with Gasteiger partial charge in [0.2, 0.25) is 0 Å². The molecule has 0 fully saturated rings. The molecule has 0 aliphatic heterocycles. The minimum atomic E-state index is 0.321. The van der Waals surface area contributed by atoms with Crippen LogP contribution in [0.4, 0.5) is 0 Å². The highest BCUT2D eigenvalue weighted by atomic mass is 15.1. The van der Waals surface area contributed by atoms with Crippen molar-refractivity contribution >= 4 is 11.3 Å². The number of benzene rings is 1. The zero-order valence-electron chi connectivity index (χ0n) is 12.9. The molecule has 3 rings (SSSR count). The van der Waals surface area contributed by atoms with Crippen molar-refractivity contribution in [2.45, 2.75) is 39.7 Å². The van der Waals surface area contributed by atoms with Gasteiger partial charge in [0.25, 0.3) is 0 Å². The summed E-state index contributed by atoms with van der Waals surface area (Å²) < 4.78 is 2.05. The number of aromatic nitrogens is 4. The van der Waals surface area contributed by atoms with Crippen molar-refractivity contribution in [1.29, 1.82) is 0 Å². The van der Waals surface area contributed by atoms with Gasteiger partial charge in [-0.05, 0) is 31.4 Å². The molecule has 4 heteroatoms. The molecule has 0 N–H and O–H groups in total. The number of hydrogen-bond acceptors (Lipinski definition) is 3. The molecule has 0 atom stereocenters. The highest BCUT2D eigenvalue weighted by Gasteiger charge is 2.11. The molecule has 0 unspecified atom stereocenters. The molecule has 21 heavy (non-hydrogen) atoms. The summed E-state index contributed by atoms with van der Waals surface area (Å²) in [6, 6.07) is 8.82. The van der Waals surface area contributed by atoms with E-state index >= 15 is 0 Å². The third kappa shape index (κ3) is 2.53. The van der Waals surface area contributed by atoms with Gasteiger partial charge >= 0.3 is 0 Å². The topological polar surface area (TPSA) is 43.6 Å². The molecule has 108 valence electrons. The van der Waals surface area contributed by atoms with E-state index in [9.17, 15) is 0 Å². The fourth-order valence-electron chi connectivity index (χ4n) is 2.38. The van der Waals surface area contributed by atoms with E-state index in [2.05, 4.69) is 66.5 Å². The number of fused-ring (bicyclic) bond motifs is 1. The third-order valence-electron chi connectivity index (χ3n) is 3.69. The average molecular weight is 280 g/mol. The molecule has 0 aliphatic rings. The van der Waals surface area contributed by atoms with Crippen LogP contribution in [0.2, 0.25) is 0 Å². The highest BCUT2D eigenvalue weighted by Crippen LogP contribution is 2.24. The predicted octanol–water partition coefficient (Wildman–Crippen LogP) is 4.20. The Bertz CT molecular complexity index is 771. The normalized spacial score (nSPS) is 11.7. The minimum Gasteiger partial charge on any atom is -0.311 e. The van der Waals surface area contributed by atoms with Crippen LogP contribution in [0.3, 0.4) is 0 Å². The lowest BCUT2D eigenvalue weighted by Crippen LogP contribution is -2.01. The Kier molecular flexibility index (Phi) is 3.45. The Morgan fingerprint density at radius 3 is 2.57 bits per heavy atom. The maximum atomic E-state index is 4.77. The van der Waals surface area contributed by atoms with Gasteiger partial charge in [-0.2, -0.15) is 0 Å². The van der Waals surface area contributed by atoms with Crippen molar-refractivity contribution in [1.82, 2.24) is 19.5 Å². The van der Waals surface area contributed by atoms with E-state index < -0.39 is 0 Å². The largest absolute Gasteiger partial charge is 0.311 e. The summed E-state index contributed by atoms with van der Waals surface area (Å²) in [5.74, 6) is 0.503. The Hall–Kier alpha value is -2.23. The standard InChI is InChI=1S/C17H20N4/c1-11(2)13-6-5-7-14(8-13)15-9-18-16-17(20-15)21(10-19-16)12(3)4/h5-12H,1-4H3. The van der Waals surface area contributed by atoms with Gasteiger partial charge in [0, 0.05) is 11.6 Å². The molecular weight excluding hydrogens is 260 g/mol. The molecule has 0 amide bonds. The predicted molar refractivity (Wildman–Crippen MR) is 85.2 cm³/mol. The van der Waals surface area contributed by atoms with E-state index in [0.717, 1.165) is 16.9 Å². The molecule has 2 heterocycles. The van der Waals surface area contributed by atoms with Gasteiger partial charge in [-0.3, -0.25) is 0 Å². The molecule has 1 aromatic carbocycles. The summed E-state index contributed by atoms with van der Waals surface area (Å²) in [5, 5.41) is 0. The summed E-state index contributed by atoms with van der Waals surface area (Å²) in [6.07, 6.45) is 3.61. The third-order valence-corrected chi connectivity index (χ3v) is 3.69. The van der Waals surface area contributed by atoms with Gasteiger partial charge in [-0.25, -0.2) is 15.0 Å². The summed E-state index contributed by atoms with van der Waals surface area (Å²) in [4.78, 5) is 13.5. The quantitative estimate of drug-likeness (QED) is 0.722. The Morgan fingerprint density at radius 2 is 1.86 bits per heavy atom. The Morgan fingerprint density at radius 1 is 1.05 bits per heavy atom. The lowest BCUT2D eigenvalue weighted by Gasteiger charge is -2.09. The first-order valence-corrected chi connectivity index (χ1v) is 7.36. The second kappa shape index (κ2) is 5.28. The van der Waals surface area contributed by atoms with Gasteiger partial charge in [0.1, 0.15) is 0 Å². The molecule has 2 aromatic heterocycles. The van der Waals surface area contributed by atoms with Crippen LogP contribution in [-0.4, -0.2) is 19.5 Å². The molecule has 0 saturated heterocycles. The fourth-order valence-corrected chi connectivity index (χ4v) is 2.38. The van der Waals surface area contributed by atoms with Crippen LogP contribution in [-0.2, 0) is 0 Å². The summed E-state index contributed by atoms with van der Waals surface area (Å²) >= 11 is 0. The highest BCUT2D eigenvalue weighted by molar-refractivity contribution is 5.71. The van der Waals surface area contributed by atoms with Gasteiger partial charge in [0.05, 0.1) is 18.2 Å². The summed E-state index contributed by atoms with van der Waals surface area (Å²) in [6.45, 7) is 8.63. The van der Waals surface area contributed by atoms with Crippen LogP contribution in [0.25, 0.3) is 22.6 Å². The zero-order chi connectivity index (χ0) is 15.0. The lowest BCUT2D eigenvalue weighted by molar-refractivity contribution is 0.613. The summed E-state index contributed by atoms with van der Waals surface area (Å²) in [7, 11) is 0. The van der Waals surface area contributed by atoms with E-state index in [0.29, 0.717) is 17.6 Å². The van der Waals surface area contributed by atoms with Crippen LogP contribution in [0.5, 0.6) is 0 Å². The maximum absolute atomic E-state index is 4.77. The van der Waals surface area contributed by atoms with Gasteiger partial charge in [0.15, 0.2) is 11.3 Å². The smallest absolute Gasteiger partial charge is 0.197 e. The van der Waals surface area contributed by atoms with Crippen molar-refractivity contribution in [2.75, 3.05) is 0 Å². The molecule has 4 nitrogen and oxygen atoms in total. The minimum absolute atomic E-state index is 0.321. The van der Waals surface area contributed by atoms with Crippen molar-refractivity contribution < 1.29 is 0 Å². The van der Waals surface area contributed by atoms with E-state index in [-0.39, 0.29) is 0 Å². The molecule has 0 radical (unpaired) electrons.